The maximum Gasteiger partial charge on any atom is 0.310 e. The molecule has 4 heteroatoms. The maximum atomic E-state index is 11.5. The van der Waals surface area contributed by atoms with Crippen LogP contribution in [0.25, 0.3) is 0 Å². The van der Waals surface area contributed by atoms with Crippen molar-refractivity contribution in [3.63, 3.8) is 0 Å². The number of hydrogen-bond donors (Lipinski definition) is 1. The van der Waals surface area contributed by atoms with Crippen molar-refractivity contribution in [2.75, 3.05) is 13.1 Å². The largest absolute Gasteiger partial charge is 0.481 e. The van der Waals surface area contributed by atoms with E-state index in [1.807, 2.05) is 6.92 Å². The number of piperidine rings is 1. The summed E-state index contributed by atoms with van der Waals surface area (Å²) in [6, 6.07) is 4.53. The number of carboxylic acids is 1. The Bertz CT molecular complexity index is 404. The molecule has 100 valence electrons. The third-order valence-corrected chi connectivity index (χ3v) is 5.28. The topological polar surface area (TPSA) is 40.5 Å². The minimum atomic E-state index is -0.631. The van der Waals surface area contributed by atoms with Gasteiger partial charge in [-0.15, -0.1) is 11.3 Å². The van der Waals surface area contributed by atoms with E-state index >= 15 is 0 Å². The van der Waals surface area contributed by atoms with Crippen molar-refractivity contribution in [1.82, 2.24) is 4.90 Å². The van der Waals surface area contributed by atoms with Gasteiger partial charge < -0.3 is 5.11 Å². The van der Waals surface area contributed by atoms with Gasteiger partial charge in [-0.3, -0.25) is 9.69 Å². The van der Waals surface area contributed by atoms with Gasteiger partial charge in [0.05, 0.1) is 5.41 Å². The van der Waals surface area contributed by atoms with Crippen LogP contribution >= 0.6 is 11.3 Å². The quantitative estimate of drug-likeness (QED) is 0.909. The molecule has 2 unspecified atom stereocenters. The van der Waals surface area contributed by atoms with E-state index < -0.39 is 11.4 Å². The molecule has 1 aliphatic heterocycles. The highest BCUT2D eigenvalue weighted by molar-refractivity contribution is 7.10. The lowest BCUT2D eigenvalue weighted by molar-refractivity contribution is -0.153. The van der Waals surface area contributed by atoms with E-state index in [-0.39, 0.29) is 0 Å². The Hall–Kier alpha value is -0.870. The molecule has 0 aliphatic carbocycles. The Balaban J connectivity index is 2.13. The zero-order valence-electron chi connectivity index (χ0n) is 11.1. The van der Waals surface area contributed by atoms with Gasteiger partial charge in [0.2, 0.25) is 0 Å². The molecule has 0 spiro atoms. The van der Waals surface area contributed by atoms with Crippen molar-refractivity contribution in [2.45, 2.75) is 39.2 Å². The summed E-state index contributed by atoms with van der Waals surface area (Å²) in [4.78, 5) is 15.2. The first kappa shape index (κ1) is 13.6. The zero-order valence-corrected chi connectivity index (χ0v) is 11.9. The maximum absolute atomic E-state index is 11.5. The van der Waals surface area contributed by atoms with E-state index in [1.165, 1.54) is 4.88 Å². The summed E-state index contributed by atoms with van der Waals surface area (Å²) in [6.07, 6.45) is 2.51. The van der Waals surface area contributed by atoms with Crippen LogP contribution < -0.4 is 0 Å². The van der Waals surface area contributed by atoms with Crippen molar-refractivity contribution in [3.8, 4) is 0 Å². The highest BCUT2D eigenvalue weighted by Gasteiger charge is 2.41. The second-order valence-electron chi connectivity index (χ2n) is 5.20. The van der Waals surface area contributed by atoms with Gasteiger partial charge in [-0.05, 0) is 44.2 Å². The molecule has 3 nitrogen and oxygen atoms in total. The van der Waals surface area contributed by atoms with Crippen molar-refractivity contribution < 1.29 is 9.90 Å². The lowest BCUT2D eigenvalue weighted by Gasteiger charge is -2.42. The molecule has 0 amide bonds. The summed E-state index contributed by atoms with van der Waals surface area (Å²) < 4.78 is 0. The third-order valence-electron chi connectivity index (χ3n) is 4.24. The Labute approximate surface area is 112 Å². The van der Waals surface area contributed by atoms with Gasteiger partial charge in [0.15, 0.2) is 0 Å². The van der Waals surface area contributed by atoms with Crippen LogP contribution in [-0.2, 0) is 4.79 Å². The van der Waals surface area contributed by atoms with E-state index in [9.17, 15) is 9.90 Å². The average Bonchev–Trinajstić information content (AvgIpc) is 2.91. The molecule has 1 fully saturated rings. The van der Waals surface area contributed by atoms with Gasteiger partial charge in [0.1, 0.15) is 0 Å². The highest BCUT2D eigenvalue weighted by Crippen LogP contribution is 2.37. The molecule has 0 bridgehead atoms. The minimum absolute atomic E-state index is 0.329. The van der Waals surface area contributed by atoms with Crippen molar-refractivity contribution in [3.05, 3.63) is 22.4 Å². The molecule has 0 radical (unpaired) electrons. The fraction of sp³-hybridized carbons (Fsp3) is 0.643. The monoisotopic (exact) mass is 267 g/mol. The van der Waals surface area contributed by atoms with E-state index in [1.54, 1.807) is 11.3 Å². The van der Waals surface area contributed by atoms with Crippen LogP contribution in [0.1, 0.15) is 44.0 Å². The number of nitrogens with zero attached hydrogens (tertiary/aromatic N) is 1. The second-order valence-corrected chi connectivity index (χ2v) is 6.18. The van der Waals surface area contributed by atoms with Crippen LogP contribution in [0, 0.1) is 5.41 Å². The number of rotatable bonds is 4. The van der Waals surface area contributed by atoms with Gasteiger partial charge in [-0.1, -0.05) is 13.0 Å². The molecule has 0 aromatic carbocycles. The molecular formula is C14H21NO2S. The minimum Gasteiger partial charge on any atom is -0.481 e. The van der Waals surface area contributed by atoms with E-state index in [0.717, 1.165) is 25.8 Å². The molecule has 2 heterocycles. The molecule has 0 saturated carbocycles. The van der Waals surface area contributed by atoms with Gasteiger partial charge in [0.25, 0.3) is 0 Å². The van der Waals surface area contributed by atoms with Gasteiger partial charge in [-0.2, -0.15) is 0 Å². The summed E-state index contributed by atoms with van der Waals surface area (Å²) in [6.45, 7) is 5.86. The molecule has 2 atom stereocenters. The summed E-state index contributed by atoms with van der Waals surface area (Å²) in [5.41, 5.74) is -0.538. The lowest BCUT2D eigenvalue weighted by Crippen LogP contribution is -2.48. The molecule has 1 aromatic rings. The van der Waals surface area contributed by atoms with Crippen molar-refractivity contribution in [2.24, 2.45) is 5.41 Å². The Morgan fingerprint density at radius 2 is 2.44 bits per heavy atom. The van der Waals surface area contributed by atoms with Crippen LogP contribution in [0.15, 0.2) is 17.5 Å². The van der Waals surface area contributed by atoms with Crippen LogP contribution in [0.4, 0.5) is 0 Å². The number of hydrogen-bond acceptors (Lipinski definition) is 3. The SMILES string of the molecule is CCC1(C(=O)O)CCCN(C(C)c2cccs2)C1. The number of likely N-dealkylation sites (tertiary alicyclic amines) is 1. The Kier molecular flexibility index (Phi) is 4.07. The van der Waals surface area contributed by atoms with Gasteiger partial charge in [-0.25, -0.2) is 0 Å². The number of carbonyl (C=O) groups is 1. The van der Waals surface area contributed by atoms with Crippen molar-refractivity contribution >= 4 is 17.3 Å². The summed E-state index contributed by atoms with van der Waals surface area (Å²) in [7, 11) is 0. The fourth-order valence-electron chi connectivity index (χ4n) is 2.82. The van der Waals surface area contributed by atoms with Crippen molar-refractivity contribution in [1.29, 1.82) is 0 Å². The third kappa shape index (κ3) is 2.45. The molecule has 2 rings (SSSR count). The smallest absolute Gasteiger partial charge is 0.310 e. The van der Waals surface area contributed by atoms with Crippen LogP contribution in [0.2, 0.25) is 0 Å². The van der Waals surface area contributed by atoms with E-state index in [2.05, 4.69) is 29.3 Å². The van der Waals surface area contributed by atoms with Gasteiger partial charge >= 0.3 is 5.97 Å². The first-order valence-electron chi connectivity index (χ1n) is 6.60. The number of aliphatic carboxylic acids is 1. The number of carboxylic acid groups (broad SMARTS) is 1. The lowest BCUT2D eigenvalue weighted by atomic mass is 9.77. The summed E-state index contributed by atoms with van der Waals surface area (Å²) in [5.74, 6) is -0.631. The standard InChI is InChI=1S/C14H21NO2S/c1-3-14(13(16)17)7-5-8-15(10-14)11(2)12-6-4-9-18-12/h4,6,9,11H,3,5,7-8,10H2,1-2H3,(H,16,17). The van der Waals surface area contributed by atoms with Crippen LogP contribution in [0.5, 0.6) is 0 Å². The zero-order chi connectivity index (χ0) is 13.2. The predicted octanol–water partition coefficient (Wildman–Crippen LogP) is 3.39. The predicted molar refractivity (Wildman–Crippen MR) is 73.9 cm³/mol. The highest BCUT2D eigenvalue weighted by atomic mass is 32.1. The molecular weight excluding hydrogens is 246 g/mol. The molecule has 1 N–H and O–H groups in total. The van der Waals surface area contributed by atoms with E-state index in [4.69, 9.17) is 0 Å². The number of thiophene rings is 1. The Morgan fingerprint density at radius 1 is 1.67 bits per heavy atom. The average molecular weight is 267 g/mol. The second kappa shape index (κ2) is 5.41. The first-order valence-corrected chi connectivity index (χ1v) is 7.48. The fourth-order valence-corrected chi connectivity index (χ4v) is 3.64. The summed E-state index contributed by atoms with van der Waals surface area (Å²) in [5, 5.41) is 11.6. The molecule has 18 heavy (non-hydrogen) atoms. The molecule has 1 saturated heterocycles. The first-order chi connectivity index (χ1) is 8.59. The van der Waals surface area contributed by atoms with Crippen LogP contribution in [-0.4, -0.2) is 29.1 Å². The van der Waals surface area contributed by atoms with E-state index in [0.29, 0.717) is 12.6 Å². The van der Waals surface area contributed by atoms with Crippen LogP contribution in [0.3, 0.4) is 0 Å². The normalized spacial score (nSPS) is 27.0. The van der Waals surface area contributed by atoms with Gasteiger partial charge in [0, 0.05) is 17.5 Å². The Morgan fingerprint density at radius 3 is 3.00 bits per heavy atom. The molecule has 1 aromatic heterocycles. The summed E-state index contributed by atoms with van der Waals surface area (Å²) >= 11 is 1.75. The molecule has 1 aliphatic rings.